The summed E-state index contributed by atoms with van der Waals surface area (Å²) < 4.78 is 9.93. The Labute approximate surface area is 81.4 Å². The van der Waals surface area contributed by atoms with Crippen molar-refractivity contribution in [3.63, 3.8) is 0 Å². The molecule has 1 atom stereocenters. The molecule has 0 aliphatic carbocycles. The molecule has 1 unspecified atom stereocenters. The largest absolute Gasteiger partial charge is 0.376 e. The van der Waals surface area contributed by atoms with Crippen molar-refractivity contribution in [3.8, 4) is 0 Å². The van der Waals surface area contributed by atoms with Crippen LogP contribution in [0, 0.1) is 0 Å². The summed E-state index contributed by atoms with van der Waals surface area (Å²) in [5, 5.41) is 6.27. The third-order valence-electron chi connectivity index (χ3n) is 2.18. The molecule has 0 bridgehead atoms. The SMILES string of the molecule is O=C(NCC1CCCO1)c1ccon1. The minimum absolute atomic E-state index is 0.158. The van der Waals surface area contributed by atoms with Crippen molar-refractivity contribution in [3.05, 3.63) is 18.0 Å². The van der Waals surface area contributed by atoms with Crippen LogP contribution in [0.2, 0.25) is 0 Å². The second-order valence-electron chi connectivity index (χ2n) is 3.23. The maximum absolute atomic E-state index is 11.4. The maximum Gasteiger partial charge on any atom is 0.273 e. The number of carbonyl (C=O) groups excluding carboxylic acids is 1. The van der Waals surface area contributed by atoms with Crippen molar-refractivity contribution < 1.29 is 14.1 Å². The lowest BCUT2D eigenvalue weighted by atomic mass is 10.2. The van der Waals surface area contributed by atoms with Crippen molar-refractivity contribution in [2.75, 3.05) is 13.2 Å². The average Bonchev–Trinajstić information content (AvgIpc) is 2.87. The molecule has 1 N–H and O–H groups in total. The molecular weight excluding hydrogens is 184 g/mol. The number of rotatable bonds is 3. The van der Waals surface area contributed by atoms with Gasteiger partial charge in [0.15, 0.2) is 5.69 Å². The number of amides is 1. The smallest absolute Gasteiger partial charge is 0.273 e. The monoisotopic (exact) mass is 196 g/mol. The lowest BCUT2D eigenvalue weighted by Gasteiger charge is -2.09. The van der Waals surface area contributed by atoms with Crippen LogP contribution in [0.15, 0.2) is 16.9 Å². The van der Waals surface area contributed by atoms with E-state index in [1.807, 2.05) is 0 Å². The number of carbonyl (C=O) groups is 1. The van der Waals surface area contributed by atoms with E-state index < -0.39 is 0 Å². The van der Waals surface area contributed by atoms with Crippen molar-refractivity contribution >= 4 is 5.91 Å². The summed E-state index contributed by atoms with van der Waals surface area (Å²) in [7, 11) is 0. The molecule has 1 amide bonds. The molecule has 1 aromatic heterocycles. The quantitative estimate of drug-likeness (QED) is 0.768. The number of hydrogen-bond donors (Lipinski definition) is 1. The zero-order chi connectivity index (χ0) is 9.80. The Hall–Kier alpha value is -1.36. The molecule has 76 valence electrons. The third kappa shape index (κ3) is 2.11. The van der Waals surface area contributed by atoms with Gasteiger partial charge in [-0.25, -0.2) is 0 Å². The Balaban J connectivity index is 1.78. The molecule has 1 aliphatic rings. The van der Waals surface area contributed by atoms with E-state index in [0.29, 0.717) is 12.2 Å². The number of nitrogens with zero attached hydrogens (tertiary/aromatic N) is 1. The van der Waals surface area contributed by atoms with Crippen LogP contribution in [0.5, 0.6) is 0 Å². The molecule has 1 aromatic rings. The summed E-state index contributed by atoms with van der Waals surface area (Å²) in [5.74, 6) is -0.214. The fourth-order valence-corrected chi connectivity index (χ4v) is 1.43. The van der Waals surface area contributed by atoms with Crippen molar-refractivity contribution in [2.24, 2.45) is 0 Å². The van der Waals surface area contributed by atoms with Gasteiger partial charge in [0.25, 0.3) is 5.91 Å². The summed E-state index contributed by atoms with van der Waals surface area (Å²) >= 11 is 0. The molecule has 1 fully saturated rings. The Kier molecular flexibility index (Phi) is 2.78. The van der Waals surface area contributed by atoms with E-state index in [9.17, 15) is 4.79 Å². The summed E-state index contributed by atoms with van der Waals surface area (Å²) in [6.45, 7) is 1.34. The third-order valence-corrected chi connectivity index (χ3v) is 2.18. The van der Waals surface area contributed by atoms with E-state index in [1.54, 1.807) is 0 Å². The first kappa shape index (κ1) is 9.21. The normalized spacial score (nSPS) is 21.0. The Morgan fingerprint density at radius 2 is 2.64 bits per heavy atom. The fourth-order valence-electron chi connectivity index (χ4n) is 1.43. The molecule has 5 heteroatoms. The predicted molar refractivity (Wildman–Crippen MR) is 47.8 cm³/mol. The van der Waals surface area contributed by atoms with Gasteiger partial charge in [-0.05, 0) is 12.8 Å². The van der Waals surface area contributed by atoms with E-state index in [1.165, 1.54) is 12.3 Å². The second kappa shape index (κ2) is 4.23. The van der Waals surface area contributed by atoms with Gasteiger partial charge in [-0.1, -0.05) is 5.16 Å². The predicted octanol–water partition coefficient (Wildman–Crippen LogP) is 0.583. The van der Waals surface area contributed by atoms with E-state index in [0.717, 1.165) is 19.4 Å². The minimum atomic E-state index is -0.214. The van der Waals surface area contributed by atoms with Gasteiger partial charge < -0.3 is 14.6 Å². The van der Waals surface area contributed by atoms with Crippen LogP contribution in [0.25, 0.3) is 0 Å². The van der Waals surface area contributed by atoms with Crippen LogP contribution in [0.3, 0.4) is 0 Å². The van der Waals surface area contributed by atoms with E-state index in [2.05, 4.69) is 15.0 Å². The molecular formula is C9H12N2O3. The van der Waals surface area contributed by atoms with E-state index in [-0.39, 0.29) is 12.0 Å². The molecule has 0 radical (unpaired) electrons. The van der Waals surface area contributed by atoms with Crippen LogP contribution >= 0.6 is 0 Å². The standard InChI is InChI=1S/C9H12N2O3/c12-9(8-3-5-14-11-8)10-6-7-2-1-4-13-7/h3,5,7H,1-2,4,6H2,(H,10,12). The molecule has 2 heterocycles. The summed E-state index contributed by atoms with van der Waals surface area (Å²) in [5.41, 5.74) is 0.308. The van der Waals surface area contributed by atoms with Gasteiger partial charge >= 0.3 is 0 Å². The molecule has 0 saturated carbocycles. The highest BCUT2D eigenvalue weighted by atomic mass is 16.5. The zero-order valence-electron chi connectivity index (χ0n) is 7.73. The Morgan fingerprint density at radius 3 is 3.29 bits per heavy atom. The van der Waals surface area contributed by atoms with Gasteiger partial charge in [0.2, 0.25) is 0 Å². The molecule has 0 spiro atoms. The number of hydrogen-bond acceptors (Lipinski definition) is 4. The summed E-state index contributed by atoms with van der Waals surface area (Å²) in [4.78, 5) is 11.4. The first-order valence-corrected chi connectivity index (χ1v) is 4.66. The highest BCUT2D eigenvalue weighted by molar-refractivity contribution is 5.91. The molecule has 14 heavy (non-hydrogen) atoms. The maximum atomic E-state index is 11.4. The molecule has 5 nitrogen and oxygen atoms in total. The fraction of sp³-hybridized carbons (Fsp3) is 0.556. The number of nitrogens with one attached hydrogen (secondary N) is 1. The molecule has 1 aliphatic heterocycles. The Bertz CT molecular complexity index is 291. The van der Waals surface area contributed by atoms with E-state index >= 15 is 0 Å². The Morgan fingerprint density at radius 1 is 1.71 bits per heavy atom. The highest BCUT2D eigenvalue weighted by Gasteiger charge is 2.17. The average molecular weight is 196 g/mol. The molecule has 1 saturated heterocycles. The van der Waals surface area contributed by atoms with Crippen LogP contribution in [-0.2, 0) is 4.74 Å². The van der Waals surface area contributed by atoms with E-state index in [4.69, 9.17) is 4.74 Å². The van der Waals surface area contributed by atoms with Gasteiger partial charge in [-0.15, -0.1) is 0 Å². The number of aromatic nitrogens is 1. The van der Waals surface area contributed by atoms with Gasteiger partial charge in [-0.2, -0.15) is 0 Å². The van der Waals surface area contributed by atoms with Crippen molar-refractivity contribution in [2.45, 2.75) is 18.9 Å². The summed E-state index contributed by atoms with van der Waals surface area (Å²) in [6, 6.07) is 1.53. The first-order chi connectivity index (χ1) is 6.86. The van der Waals surface area contributed by atoms with Crippen molar-refractivity contribution in [1.29, 1.82) is 0 Å². The lowest BCUT2D eigenvalue weighted by Crippen LogP contribution is -2.31. The first-order valence-electron chi connectivity index (χ1n) is 4.66. The topological polar surface area (TPSA) is 64.4 Å². The molecule has 0 aromatic carbocycles. The van der Waals surface area contributed by atoms with Crippen LogP contribution in [-0.4, -0.2) is 30.3 Å². The highest BCUT2D eigenvalue weighted by Crippen LogP contribution is 2.10. The van der Waals surface area contributed by atoms with Crippen LogP contribution in [0.4, 0.5) is 0 Å². The summed E-state index contributed by atoms with van der Waals surface area (Å²) in [6.07, 6.45) is 3.62. The van der Waals surface area contributed by atoms with Crippen LogP contribution in [0.1, 0.15) is 23.3 Å². The molecule has 2 rings (SSSR count). The lowest BCUT2D eigenvalue weighted by molar-refractivity contribution is 0.0850. The van der Waals surface area contributed by atoms with Gasteiger partial charge in [0.05, 0.1) is 6.10 Å². The zero-order valence-corrected chi connectivity index (χ0v) is 7.73. The van der Waals surface area contributed by atoms with Gasteiger partial charge in [0, 0.05) is 19.2 Å². The van der Waals surface area contributed by atoms with Crippen molar-refractivity contribution in [1.82, 2.24) is 10.5 Å². The second-order valence-corrected chi connectivity index (χ2v) is 3.23. The number of ether oxygens (including phenoxy) is 1. The van der Waals surface area contributed by atoms with Gasteiger partial charge in [0.1, 0.15) is 6.26 Å². The van der Waals surface area contributed by atoms with Gasteiger partial charge in [-0.3, -0.25) is 4.79 Å². The van der Waals surface area contributed by atoms with Crippen LogP contribution < -0.4 is 5.32 Å². The minimum Gasteiger partial charge on any atom is -0.376 e.